The molecule has 0 unspecified atom stereocenters. The van der Waals surface area contributed by atoms with Gasteiger partial charge in [-0.05, 0) is 30.5 Å². The third kappa shape index (κ3) is 3.17. The summed E-state index contributed by atoms with van der Waals surface area (Å²) >= 11 is 10.6. The molecule has 2 aromatic carbocycles. The van der Waals surface area contributed by atoms with Gasteiger partial charge in [-0.3, -0.25) is 25.2 Å². The van der Waals surface area contributed by atoms with Gasteiger partial charge in [-0.1, -0.05) is 45.4 Å². The number of amidine groups is 1. The van der Waals surface area contributed by atoms with Gasteiger partial charge in [0.25, 0.3) is 11.6 Å². The van der Waals surface area contributed by atoms with Gasteiger partial charge in [-0.2, -0.15) is 0 Å². The summed E-state index contributed by atoms with van der Waals surface area (Å²) in [7, 11) is 0. The quantitative estimate of drug-likeness (QED) is 0.526. The number of hydrazone groups is 1. The zero-order valence-electron chi connectivity index (χ0n) is 14.2. The van der Waals surface area contributed by atoms with Gasteiger partial charge in [0, 0.05) is 21.3 Å². The highest BCUT2D eigenvalue weighted by atomic mass is 79.9. The first-order chi connectivity index (χ1) is 13.4. The van der Waals surface area contributed by atoms with E-state index in [-0.39, 0.29) is 16.6 Å². The molecule has 0 spiro atoms. The van der Waals surface area contributed by atoms with E-state index in [4.69, 9.17) is 16.6 Å². The Labute approximate surface area is 176 Å². The molecule has 2 heterocycles. The Balaban J connectivity index is 1.99. The minimum absolute atomic E-state index is 0.0304. The third-order valence-corrected chi connectivity index (χ3v) is 5.61. The van der Waals surface area contributed by atoms with Gasteiger partial charge < -0.3 is 0 Å². The fourth-order valence-electron chi connectivity index (χ4n) is 2.99. The predicted molar refractivity (Wildman–Crippen MR) is 110 cm³/mol. The Kier molecular flexibility index (Phi) is 4.86. The van der Waals surface area contributed by atoms with Crippen molar-refractivity contribution in [1.82, 2.24) is 10.3 Å². The predicted octanol–water partition coefficient (Wildman–Crippen LogP) is 2.52. The van der Waals surface area contributed by atoms with E-state index in [0.717, 1.165) is 4.47 Å². The maximum Gasteiger partial charge on any atom is 0.288 e. The number of nitrogens with one attached hydrogen (secondary N) is 1. The van der Waals surface area contributed by atoms with Gasteiger partial charge in [0.15, 0.2) is 11.3 Å². The second-order valence-corrected chi connectivity index (χ2v) is 8.01. The Morgan fingerprint density at radius 3 is 2.82 bits per heavy atom. The zero-order valence-corrected chi connectivity index (χ0v) is 17.4. The van der Waals surface area contributed by atoms with E-state index in [1.807, 2.05) is 6.07 Å². The Morgan fingerprint density at radius 2 is 2.11 bits per heavy atom. The third-order valence-electron chi connectivity index (χ3n) is 4.23. The second kappa shape index (κ2) is 7.19. The van der Waals surface area contributed by atoms with Crippen LogP contribution in [-0.2, 0) is 4.79 Å². The first kappa shape index (κ1) is 18.9. The van der Waals surface area contributed by atoms with E-state index in [2.05, 4.69) is 26.3 Å². The molecule has 0 saturated carbocycles. The highest BCUT2D eigenvalue weighted by Gasteiger charge is 2.35. The number of halogens is 2. The number of nitro benzene ring substituents is 1. The van der Waals surface area contributed by atoms with Gasteiger partial charge in [0.2, 0.25) is 0 Å². The van der Waals surface area contributed by atoms with Crippen molar-refractivity contribution in [3.63, 3.8) is 0 Å². The number of nitrogens with zero attached hydrogens (tertiary/aromatic N) is 4. The van der Waals surface area contributed by atoms with Crippen LogP contribution in [0.3, 0.4) is 0 Å². The number of fused-ring (bicyclic) bond motifs is 2. The fraction of sp³-hybridized carbons (Fsp3) is 0.118. The summed E-state index contributed by atoms with van der Waals surface area (Å²) in [6.45, 7) is 0. The Hall–Kier alpha value is -2.43. The van der Waals surface area contributed by atoms with Crippen LogP contribution >= 0.6 is 39.3 Å². The molecule has 1 amide bonds. The molecule has 1 N–H and O–H groups in total. The van der Waals surface area contributed by atoms with Crippen molar-refractivity contribution in [2.75, 3.05) is 6.26 Å². The molecule has 2 aliphatic rings. The number of thioether (sulfide) groups is 1. The summed E-state index contributed by atoms with van der Waals surface area (Å²) in [6, 6.07) is 9.84. The summed E-state index contributed by atoms with van der Waals surface area (Å²) in [5, 5.41) is 21.7. The van der Waals surface area contributed by atoms with Crippen molar-refractivity contribution in [3.8, 4) is 0 Å². The number of amides is 1. The number of rotatable bonds is 2. The lowest BCUT2D eigenvalue weighted by Crippen LogP contribution is -2.50. The summed E-state index contributed by atoms with van der Waals surface area (Å²) < 4.78 is 0.793. The lowest BCUT2D eigenvalue weighted by molar-refractivity contribution is -0.384. The first-order valence-corrected chi connectivity index (χ1v) is 10.3. The molecule has 4 rings (SSSR count). The van der Waals surface area contributed by atoms with Crippen LogP contribution in [0.5, 0.6) is 0 Å². The average molecular weight is 481 g/mol. The van der Waals surface area contributed by atoms with Gasteiger partial charge in [-0.15, -0.1) is 5.10 Å². The van der Waals surface area contributed by atoms with Gasteiger partial charge in [0.05, 0.1) is 10.3 Å². The SMILES string of the molecule is CSC1=NN2C(=c3cc(Br)ccc3=N[C@H]2c2ccc(Cl)c([N+](=O)[O-])c2)C(=O)N1. The monoisotopic (exact) mass is 479 g/mol. The lowest BCUT2D eigenvalue weighted by Gasteiger charge is -2.33. The van der Waals surface area contributed by atoms with Crippen molar-refractivity contribution < 1.29 is 9.72 Å². The number of hydrogen-bond acceptors (Lipinski definition) is 7. The van der Waals surface area contributed by atoms with E-state index < -0.39 is 11.1 Å². The molecule has 1 atom stereocenters. The number of hydrogen-bond donors (Lipinski definition) is 1. The van der Waals surface area contributed by atoms with Crippen LogP contribution < -0.4 is 15.9 Å². The standard InChI is InChI=1S/C17H11BrClN5O3S/c1-28-17-21-16(25)14-10-7-9(18)3-5-12(10)20-15(23(14)22-17)8-2-4-11(19)13(6-8)24(26)27/h2-7,15H,1H3,(H,21,22,25)/t15-/m1/s1. The average Bonchev–Trinajstić information content (AvgIpc) is 2.67. The Bertz CT molecular complexity index is 1190. The van der Waals surface area contributed by atoms with Crippen LogP contribution in [0.4, 0.5) is 5.69 Å². The molecule has 0 aromatic heterocycles. The lowest BCUT2D eigenvalue weighted by atomic mass is 10.1. The molecule has 0 saturated heterocycles. The molecule has 0 aliphatic carbocycles. The highest BCUT2D eigenvalue weighted by Crippen LogP contribution is 2.34. The van der Waals surface area contributed by atoms with E-state index in [9.17, 15) is 14.9 Å². The fourth-order valence-corrected chi connectivity index (χ4v) is 3.90. The number of benzene rings is 2. The van der Waals surface area contributed by atoms with Crippen LogP contribution in [0, 0.1) is 10.1 Å². The van der Waals surface area contributed by atoms with Crippen molar-refractivity contribution in [2.45, 2.75) is 6.17 Å². The molecule has 0 radical (unpaired) electrons. The molecular formula is C17H11BrClN5O3S. The van der Waals surface area contributed by atoms with Crippen molar-refractivity contribution in [1.29, 1.82) is 0 Å². The van der Waals surface area contributed by atoms with Gasteiger partial charge >= 0.3 is 0 Å². The summed E-state index contributed by atoms with van der Waals surface area (Å²) in [4.78, 5) is 28.2. The second-order valence-electron chi connectivity index (χ2n) is 5.89. The molecule has 28 heavy (non-hydrogen) atoms. The zero-order chi connectivity index (χ0) is 20.0. The van der Waals surface area contributed by atoms with Gasteiger partial charge in [-0.25, -0.2) is 5.01 Å². The molecular weight excluding hydrogens is 470 g/mol. The molecule has 2 aliphatic heterocycles. The summed E-state index contributed by atoms with van der Waals surface area (Å²) in [6.07, 6.45) is 1.05. The van der Waals surface area contributed by atoms with Crippen LogP contribution in [-0.4, -0.2) is 27.3 Å². The van der Waals surface area contributed by atoms with Crippen LogP contribution in [0.2, 0.25) is 5.02 Å². The minimum Gasteiger partial charge on any atom is -0.298 e. The minimum atomic E-state index is -0.743. The Morgan fingerprint density at radius 1 is 1.32 bits per heavy atom. The molecule has 2 aromatic rings. The van der Waals surface area contributed by atoms with Crippen LogP contribution in [0.25, 0.3) is 5.70 Å². The highest BCUT2D eigenvalue weighted by molar-refractivity contribution is 9.10. The van der Waals surface area contributed by atoms with Crippen LogP contribution in [0.15, 0.2) is 51.0 Å². The van der Waals surface area contributed by atoms with E-state index in [0.29, 0.717) is 27.0 Å². The van der Waals surface area contributed by atoms with Crippen molar-refractivity contribution >= 4 is 61.8 Å². The molecule has 0 bridgehead atoms. The largest absolute Gasteiger partial charge is 0.298 e. The van der Waals surface area contributed by atoms with Crippen molar-refractivity contribution in [2.24, 2.45) is 10.1 Å². The molecule has 11 heteroatoms. The maximum atomic E-state index is 12.8. The maximum absolute atomic E-state index is 12.8. The van der Waals surface area contributed by atoms with E-state index in [1.165, 1.54) is 28.9 Å². The topological polar surface area (TPSA) is 100 Å². The smallest absolute Gasteiger partial charge is 0.288 e. The number of carbonyl (C=O) groups excluding carboxylic acids is 1. The first-order valence-electron chi connectivity index (χ1n) is 7.94. The van der Waals surface area contributed by atoms with E-state index in [1.54, 1.807) is 24.5 Å². The number of nitro groups is 1. The number of carbonyl (C=O) groups is 1. The normalized spacial score (nSPS) is 17.9. The van der Waals surface area contributed by atoms with E-state index >= 15 is 0 Å². The van der Waals surface area contributed by atoms with Crippen molar-refractivity contribution in [3.05, 3.63) is 72.1 Å². The summed E-state index contributed by atoms with van der Waals surface area (Å²) in [5.41, 5.74) is 0.598. The summed E-state index contributed by atoms with van der Waals surface area (Å²) in [5.74, 6) is -0.318. The van der Waals surface area contributed by atoms with Crippen LogP contribution in [0.1, 0.15) is 11.7 Å². The van der Waals surface area contributed by atoms with Gasteiger partial charge in [0.1, 0.15) is 10.7 Å². The molecule has 0 fully saturated rings. The molecule has 142 valence electrons. The molecule has 8 nitrogen and oxygen atoms in total.